The third-order valence-electron chi connectivity index (χ3n) is 3.78. The average Bonchev–Trinajstić information content (AvgIpc) is 3.53. The number of hydrogen-bond donors (Lipinski definition) is 0. The van der Waals surface area contributed by atoms with E-state index in [1.807, 2.05) is 32.3 Å². The number of aromatic nitrogens is 6. The molecule has 0 bridgehead atoms. The van der Waals surface area contributed by atoms with E-state index < -0.39 is 11.4 Å². The molecule has 0 aromatic carbocycles. The Balaban J connectivity index is 0. The topological polar surface area (TPSA) is 53.5 Å². The summed E-state index contributed by atoms with van der Waals surface area (Å²) in [6.07, 6.45) is 26.9. The zero-order chi connectivity index (χ0) is 23.2. The number of unbranched alkanes of at least 4 members (excludes halogenated alkanes) is 3. The Morgan fingerprint density at radius 2 is 0.875 bits per heavy atom. The van der Waals surface area contributed by atoms with Gasteiger partial charge in [-0.05, 0) is 38.9 Å². The summed E-state index contributed by atoms with van der Waals surface area (Å²) >= 11 is -1.62. The fourth-order valence-corrected chi connectivity index (χ4v) is 2.12. The van der Waals surface area contributed by atoms with E-state index in [2.05, 4.69) is 54.7 Å². The van der Waals surface area contributed by atoms with Crippen molar-refractivity contribution in [2.24, 2.45) is 0 Å². The van der Waals surface area contributed by atoms with Crippen LogP contribution < -0.4 is 0 Å². The van der Waals surface area contributed by atoms with E-state index in [1.54, 1.807) is 18.6 Å². The van der Waals surface area contributed by atoms with E-state index in [0.29, 0.717) is 0 Å². The Kier molecular flexibility index (Phi) is 26.4. The van der Waals surface area contributed by atoms with Gasteiger partial charge in [-0.1, -0.05) is 40.0 Å². The van der Waals surface area contributed by atoms with E-state index in [1.165, 1.54) is 38.5 Å². The molecule has 0 radical (unpaired) electrons. The zero-order valence-corrected chi connectivity index (χ0v) is 24.2. The van der Waals surface area contributed by atoms with Crippen molar-refractivity contribution in [2.45, 2.75) is 78.9 Å². The van der Waals surface area contributed by atoms with Crippen molar-refractivity contribution >= 4 is 40.0 Å². The van der Waals surface area contributed by atoms with Crippen LogP contribution in [0.3, 0.4) is 0 Å². The Labute approximate surface area is 214 Å². The summed E-state index contributed by atoms with van der Waals surface area (Å²) in [6.45, 7) is 9.69. The van der Waals surface area contributed by atoms with Crippen LogP contribution in [0.4, 0.5) is 0 Å². The van der Waals surface area contributed by atoms with E-state index in [0.717, 1.165) is 19.6 Å². The Morgan fingerprint density at radius 3 is 1.03 bits per heavy atom. The maximum absolute atomic E-state index is 4.93. The summed E-state index contributed by atoms with van der Waals surface area (Å²) in [5, 5.41) is 0. The predicted octanol–water partition coefficient (Wildman–Crippen LogP) is 6.57. The van der Waals surface area contributed by atoms with Crippen molar-refractivity contribution in [2.75, 3.05) is 0 Å². The molecule has 1 unspecified atom stereocenters. The fraction of sp³-hybridized carbons (Fsp3) is 0.571. The first kappa shape index (κ1) is 33.6. The van der Waals surface area contributed by atoms with Gasteiger partial charge in [-0.2, -0.15) is 9.90 Å². The molecule has 3 heterocycles. The maximum atomic E-state index is 4.93. The third kappa shape index (κ3) is 22.6. The molecule has 0 saturated carbocycles. The van der Waals surface area contributed by atoms with Crippen molar-refractivity contribution in [1.82, 2.24) is 28.7 Å². The number of nitrogens with zero attached hydrogens (tertiary/aromatic N) is 6. The van der Waals surface area contributed by atoms with Crippen LogP contribution in [0.2, 0.25) is 0 Å². The van der Waals surface area contributed by atoms with Gasteiger partial charge in [0.05, 0.1) is 0 Å². The summed E-state index contributed by atoms with van der Waals surface area (Å²) in [5.74, 6) is 0. The van der Waals surface area contributed by atoms with E-state index in [4.69, 9.17) is 30.1 Å². The Morgan fingerprint density at radius 1 is 0.625 bits per heavy atom. The molecule has 6 nitrogen and oxygen atoms in total. The van der Waals surface area contributed by atoms with Crippen molar-refractivity contribution in [3.05, 3.63) is 56.2 Å². The van der Waals surface area contributed by atoms with Crippen LogP contribution in [0.25, 0.3) is 0 Å². The molecular formula is C21H36Cl3CrN6P-3. The van der Waals surface area contributed by atoms with Crippen LogP contribution in [0, 0.1) is 19.0 Å². The zero-order valence-electron chi connectivity index (χ0n) is 19.3. The van der Waals surface area contributed by atoms with E-state index in [-0.39, 0.29) is 9.90 Å². The first-order valence-electron chi connectivity index (χ1n) is 10.4. The standard InChI is InChI=1S/3C7H11N2.3ClH.Cr.H3P/c3*1-2-3-5-9-6-4-8-7-9;;;;;/h3*4,6H,2-3,5H2,1H3;3*1H;;1H3/q3*-1;;;;+3;/p-3. The fourth-order valence-electron chi connectivity index (χ4n) is 2.12. The molecule has 3 aromatic heterocycles. The first-order chi connectivity index (χ1) is 15.0. The van der Waals surface area contributed by atoms with Crippen LogP contribution in [-0.4, -0.2) is 28.7 Å². The molecule has 32 heavy (non-hydrogen) atoms. The van der Waals surface area contributed by atoms with E-state index >= 15 is 0 Å². The molecule has 0 spiro atoms. The molecule has 3 aromatic rings. The van der Waals surface area contributed by atoms with E-state index in [9.17, 15) is 0 Å². The first-order valence-corrected chi connectivity index (χ1v) is 15.7. The molecule has 3 rings (SSSR count). The van der Waals surface area contributed by atoms with Crippen molar-refractivity contribution in [1.29, 1.82) is 0 Å². The molecule has 0 aliphatic rings. The van der Waals surface area contributed by atoms with Gasteiger partial charge in [-0.25, -0.2) is 0 Å². The van der Waals surface area contributed by atoms with Gasteiger partial charge in [0.15, 0.2) is 0 Å². The molecule has 185 valence electrons. The van der Waals surface area contributed by atoms with Gasteiger partial charge in [0.1, 0.15) is 0 Å². The van der Waals surface area contributed by atoms with Gasteiger partial charge < -0.3 is 28.7 Å². The molecule has 0 saturated heterocycles. The quantitative estimate of drug-likeness (QED) is 0.219. The normalized spacial score (nSPS) is 9.47. The van der Waals surface area contributed by atoms with Crippen LogP contribution in [0.5, 0.6) is 0 Å². The molecular weight excluding hydrogens is 526 g/mol. The number of rotatable bonds is 9. The molecule has 0 aliphatic carbocycles. The van der Waals surface area contributed by atoms with Crippen molar-refractivity contribution < 1.29 is 11.4 Å². The third-order valence-corrected chi connectivity index (χ3v) is 3.78. The molecule has 1 atom stereocenters. The minimum absolute atomic E-state index is 0. The molecule has 0 amide bonds. The van der Waals surface area contributed by atoms with Gasteiger partial charge in [-0.15, -0.1) is 37.2 Å². The molecule has 0 N–H and O–H groups in total. The monoisotopic (exact) mass is 560 g/mol. The van der Waals surface area contributed by atoms with Gasteiger partial charge in [0.2, 0.25) is 0 Å². The number of imidazole rings is 3. The summed E-state index contributed by atoms with van der Waals surface area (Å²) < 4.78 is 5.93. The molecule has 11 heteroatoms. The molecule has 0 fully saturated rings. The Bertz CT molecular complexity index is 589. The van der Waals surface area contributed by atoms with Crippen LogP contribution in [-0.2, 0) is 31.0 Å². The van der Waals surface area contributed by atoms with Gasteiger partial charge in [0, 0.05) is 19.0 Å². The van der Waals surface area contributed by atoms with Crippen molar-refractivity contribution in [3.8, 4) is 0 Å². The molecule has 0 aliphatic heterocycles. The summed E-state index contributed by atoms with van der Waals surface area (Å²) in [4.78, 5) is 11.4. The number of halogens is 3. The second-order valence-corrected chi connectivity index (χ2v) is 12.7. The number of hydrogen-bond acceptors (Lipinski definition) is 3. The van der Waals surface area contributed by atoms with Gasteiger partial charge in [0.25, 0.3) is 0 Å². The van der Waals surface area contributed by atoms with Crippen LogP contribution >= 0.6 is 40.0 Å². The van der Waals surface area contributed by atoms with Crippen LogP contribution in [0.15, 0.2) is 37.2 Å². The van der Waals surface area contributed by atoms with Gasteiger partial charge >= 0.3 is 41.5 Å². The SMILES string of the molecule is CCCCn1[c-]ncc1.CCCCn1[c-]ncc1.CCCCn1[c-]ncc1.P.[Cl][Cr]([Cl])[Cl]. The minimum atomic E-state index is -1.62. The summed E-state index contributed by atoms with van der Waals surface area (Å²) in [5.41, 5.74) is 0. The Hall–Kier alpha value is -0.538. The van der Waals surface area contributed by atoms with Gasteiger partial charge in [-0.3, -0.25) is 0 Å². The summed E-state index contributed by atoms with van der Waals surface area (Å²) in [7, 11) is 14.8. The summed E-state index contributed by atoms with van der Waals surface area (Å²) in [6, 6.07) is 0. The number of aryl methyl sites for hydroxylation is 3. The second-order valence-electron chi connectivity index (χ2n) is 6.40. The second kappa shape index (κ2) is 25.1. The average molecular weight is 562 g/mol. The van der Waals surface area contributed by atoms with Crippen molar-refractivity contribution in [3.63, 3.8) is 0 Å². The van der Waals surface area contributed by atoms with Crippen LogP contribution in [0.1, 0.15) is 59.3 Å². The predicted molar refractivity (Wildman–Crippen MR) is 137 cm³/mol.